The first-order valence-corrected chi connectivity index (χ1v) is 6.27. The van der Waals surface area contributed by atoms with Crippen LogP contribution in [0, 0.1) is 0 Å². The molecular formula is C13H15N5O. The van der Waals surface area contributed by atoms with Gasteiger partial charge < -0.3 is 15.0 Å². The van der Waals surface area contributed by atoms with E-state index in [9.17, 15) is 0 Å². The molecule has 0 bridgehead atoms. The molecule has 1 aromatic carbocycles. The summed E-state index contributed by atoms with van der Waals surface area (Å²) in [4.78, 5) is 2.15. The molecule has 1 fully saturated rings. The number of hydrogen-bond donors (Lipinski definition) is 1. The van der Waals surface area contributed by atoms with Gasteiger partial charge in [0.25, 0.3) is 0 Å². The van der Waals surface area contributed by atoms with E-state index >= 15 is 0 Å². The quantitative estimate of drug-likeness (QED) is 0.898. The molecule has 0 saturated carbocycles. The van der Waals surface area contributed by atoms with Gasteiger partial charge in [-0.15, -0.1) is 10.2 Å². The molecule has 0 unspecified atom stereocenters. The lowest BCUT2D eigenvalue weighted by Gasteiger charge is -2.27. The van der Waals surface area contributed by atoms with Crippen LogP contribution >= 0.6 is 0 Å². The molecule has 19 heavy (non-hydrogen) atoms. The van der Waals surface area contributed by atoms with Crippen LogP contribution in [0.3, 0.4) is 0 Å². The van der Waals surface area contributed by atoms with Gasteiger partial charge in [-0.1, -0.05) is 18.2 Å². The molecule has 2 aromatic rings. The molecule has 0 radical (unpaired) electrons. The Morgan fingerprint density at radius 3 is 2.63 bits per heavy atom. The summed E-state index contributed by atoms with van der Waals surface area (Å²) in [6, 6.07) is 11.8. The second-order valence-electron chi connectivity index (χ2n) is 4.27. The maximum absolute atomic E-state index is 5.33. The number of ether oxygens (including phenoxy) is 1. The van der Waals surface area contributed by atoms with Gasteiger partial charge in [-0.05, 0) is 17.3 Å². The monoisotopic (exact) mass is 257 g/mol. The third kappa shape index (κ3) is 2.97. The van der Waals surface area contributed by atoms with Crippen molar-refractivity contribution in [3.8, 4) is 0 Å². The summed E-state index contributed by atoms with van der Waals surface area (Å²) in [5.74, 6) is 1.53. The van der Waals surface area contributed by atoms with Gasteiger partial charge in [0.15, 0.2) is 11.6 Å². The summed E-state index contributed by atoms with van der Waals surface area (Å²) < 4.78 is 5.33. The molecule has 0 aliphatic carbocycles. The second kappa shape index (κ2) is 5.62. The molecule has 1 saturated heterocycles. The molecule has 2 heterocycles. The van der Waals surface area contributed by atoms with Gasteiger partial charge in [-0.25, -0.2) is 0 Å². The van der Waals surface area contributed by atoms with Crippen LogP contribution in [0.4, 0.5) is 17.3 Å². The van der Waals surface area contributed by atoms with Crippen LogP contribution < -0.4 is 10.2 Å². The van der Waals surface area contributed by atoms with Gasteiger partial charge in [0.2, 0.25) is 0 Å². The van der Waals surface area contributed by atoms with Crippen molar-refractivity contribution in [1.29, 1.82) is 0 Å². The van der Waals surface area contributed by atoms with Gasteiger partial charge >= 0.3 is 0 Å². The Labute approximate surface area is 111 Å². The smallest absolute Gasteiger partial charge is 0.158 e. The van der Waals surface area contributed by atoms with Gasteiger partial charge in [-0.3, -0.25) is 0 Å². The minimum Gasteiger partial charge on any atom is -0.378 e. The highest BCUT2D eigenvalue weighted by atomic mass is 16.5. The van der Waals surface area contributed by atoms with E-state index in [1.165, 1.54) is 0 Å². The van der Waals surface area contributed by atoms with Crippen LogP contribution in [0.2, 0.25) is 0 Å². The average Bonchev–Trinajstić information content (AvgIpc) is 2.49. The zero-order valence-corrected chi connectivity index (χ0v) is 10.5. The number of anilines is 3. The topological polar surface area (TPSA) is 63.2 Å². The van der Waals surface area contributed by atoms with Crippen LogP contribution in [-0.2, 0) is 4.74 Å². The molecule has 1 aliphatic rings. The average molecular weight is 257 g/mol. The van der Waals surface area contributed by atoms with E-state index in [2.05, 4.69) is 25.6 Å². The van der Waals surface area contributed by atoms with Crippen LogP contribution in [0.25, 0.3) is 0 Å². The normalized spacial score (nSPS) is 15.3. The maximum atomic E-state index is 5.33. The second-order valence-corrected chi connectivity index (χ2v) is 4.27. The van der Waals surface area contributed by atoms with Crippen molar-refractivity contribution in [1.82, 2.24) is 15.4 Å². The maximum Gasteiger partial charge on any atom is 0.158 e. The lowest BCUT2D eigenvalue weighted by Crippen LogP contribution is -2.37. The Kier molecular flexibility index (Phi) is 3.51. The number of para-hydroxylation sites is 1. The summed E-state index contributed by atoms with van der Waals surface area (Å²) in [6.07, 6.45) is 0. The van der Waals surface area contributed by atoms with Crippen LogP contribution in [0.5, 0.6) is 0 Å². The van der Waals surface area contributed by atoms with Crippen molar-refractivity contribution in [2.45, 2.75) is 0 Å². The zero-order valence-electron chi connectivity index (χ0n) is 10.5. The molecule has 98 valence electrons. The summed E-state index contributed by atoms with van der Waals surface area (Å²) in [5.41, 5.74) is 0.982. The Bertz CT molecular complexity index is 528. The van der Waals surface area contributed by atoms with Crippen molar-refractivity contribution in [3.05, 3.63) is 36.4 Å². The largest absolute Gasteiger partial charge is 0.378 e. The van der Waals surface area contributed by atoms with E-state index < -0.39 is 0 Å². The first kappa shape index (κ1) is 11.9. The molecule has 1 aromatic heterocycles. The summed E-state index contributed by atoms with van der Waals surface area (Å²) >= 11 is 0. The molecule has 0 atom stereocenters. The van der Waals surface area contributed by atoms with Crippen LogP contribution in [-0.4, -0.2) is 41.7 Å². The van der Waals surface area contributed by atoms with Crippen LogP contribution in [0.15, 0.2) is 36.4 Å². The van der Waals surface area contributed by atoms with Gasteiger partial charge in [0, 0.05) is 24.8 Å². The minimum atomic E-state index is 0.697. The number of benzene rings is 1. The first-order valence-electron chi connectivity index (χ1n) is 6.27. The van der Waals surface area contributed by atoms with Crippen molar-refractivity contribution >= 4 is 17.3 Å². The van der Waals surface area contributed by atoms with E-state index in [-0.39, 0.29) is 0 Å². The molecular weight excluding hydrogens is 242 g/mol. The third-order valence-electron chi connectivity index (χ3n) is 2.95. The lowest BCUT2D eigenvalue weighted by molar-refractivity contribution is 0.122. The summed E-state index contributed by atoms with van der Waals surface area (Å²) in [7, 11) is 0. The zero-order chi connectivity index (χ0) is 12.9. The van der Waals surface area contributed by atoms with E-state index in [0.717, 1.165) is 37.8 Å². The minimum absolute atomic E-state index is 0.697. The highest BCUT2D eigenvalue weighted by Crippen LogP contribution is 2.18. The molecule has 6 heteroatoms. The van der Waals surface area contributed by atoms with E-state index in [0.29, 0.717) is 5.82 Å². The molecule has 1 aliphatic heterocycles. The molecule has 3 rings (SSSR count). The lowest BCUT2D eigenvalue weighted by atomic mass is 10.3. The number of aromatic nitrogens is 3. The summed E-state index contributed by atoms with van der Waals surface area (Å²) in [6.45, 7) is 3.13. The molecule has 0 amide bonds. The van der Waals surface area contributed by atoms with E-state index in [4.69, 9.17) is 4.74 Å². The number of hydrogen-bond acceptors (Lipinski definition) is 6. The Balaban J connectivity index is 1.76. The predicted molar refractivity (Wildman–Crippen MR) is 72.6 cm³/mol. The van der Waals surface area contributed by atoms with Crippen molar-refractivity contribution in [3.63, 3.8) is 0 Å². The molecule has 6 nitrogen and oxygen atoms in total. The SMILES string of the molecule is c1ccc(Nc2cc(N3CCOCC3)nnn2)cc1. The summed E-state index contributed by atoms with van der Waals surface area (Å²) in [5, 5.41) is 15.1. The molecule has 0 spiro atoms. The number of morpholine rings is 1. The Morgan fingerprint density at radius 1 is 1.05 bits per heavy atom. The highest BCUT2D eigenvalue weighted by Gasteiger charge is 2.13. The Hall–Kier alpha value is -2.21. The number of nitrogens with one attached hydrogen (secondary N) is 1. The van der Waals surface area contributed by atoms with Gasteiger partial charge in [-0.2, -0.15) is 0 Å². The van der Waals surface area contributed by atoms with Gasteiger partial charge in [0.1, 0.15) is 0 Å². The predicted octanol–water partition coefficient (Wildman–Crippen LogP) is 1.45. The fourth-order valence-corrected chi connectivity index (χ4v) is 1.97. The highest BCUT2D eigenvalue weighted by molar-refractivity contribution is 5.58. The van der Waals surface area contributed by atoms with E-state index in [1.54, 1.807) is 0 Å². The first-order chi connectivity index (χ1) is 9.42. The van der Waals surface area contributed by atoms with Crippen molar-refractivity contribution in [2.24, 2.45) is 0 Å². The van der Waals surface area contributed by atoms with Crippen molar-refractivity contribution < 1.29 is 4.74 Å². The fraction of sp³-hybridized carbons (Fsp3) is 0.308. The Morgan fingerprint density at radius 2 is 1.84 bits per heavy atom. The fourth-order valence-electron chi connectivity index (χ4n) is 1.97. The number of nitrogens with zero attached hydrogens (tertiary/aromatic N) is 4. The molecule has 1 N–H and O–H groups in total. The van der Waals surface area contributed by atoms with Gasteiger partial charge in [0.05, 0.1) is 13.2 Å². The van der Waals surface area contributed by atoms with E-state index in [1.807, 2.05) is 36.4 Å². The van der Waals surface area contributed by atoms with Crippen LogP contribution in [0.1, 0.15) is 0 Å². The van der Waals surface area contributed by atoms with Crippen molar-refractivity contribution in [2.75, 3.05) is 36.5 Å². The number of rotatable bonds is 3. The third-order valence-corrected chi connectivity index (χ3v) is 2.95. The standard InChI is InChI=1S/C13H15N5O/c1-2-4-11(5-3-1)14-12-10-13(16-17-15-12)18-6-8-19-9-7-18/h1-5,10H,6-9H2,(H,14,15,16).